The first-order chi connectivity index (χ1) is 13.0. The molecule has 1 aliphatic heterocycles. The lowest BCUT2D eigenvalue weighted by Gasteiger charge is -2.17. The predicted octanol–water partition coefficient (Wildman–Crippen LogP) is 3.31. The van der Waals surface area contributed by atoms with Gasteiger partial charge >= 0.3 is 0 Å². The molecule has 0 aliphatic carbocycles. The molecule has 0 fully saturated rings. The van der Waals surface area contributed by atoms with Crippen molar-refractivity contribution in [3.8, 4) is 0 Å². The molecule has 0 saturated heterocycles. The zero-order valence-electron chi connectivity index (χ0n) is 16.0. The van der Waals surface area contributed by atoms with Crippen LogP contribution in [0.15, 0.2) is 58.3 Å². The molecule has 1 aromatic carbocycles. The highest BCUT2D eigenvalue weighted by atomic mass is 15.3. The molecule has 3 rings (SSSR count). The quantitative estimate of drug-likeness (QED) is 0.730. The fourth-order valence-corrected chi connectivity index (χ4v) is 2.99. The minimum Gasteiger partial charge on any atom is -0.386 e. The first kappa shape index (κ1) is 18.4. The van der Waals surface area contributed by atoms with Gasteiger partial charge in [-0.3, -0.25) is 5.43 Å². The number of hydrogen-bond acceptors (Lipinski definition) is 6. The molecule has 0 saturated carbocycles. The molecule has 6 nitrogen and oxygen atoms in total. The maximum Gasteiger partial charge on any atom is 0.152 e. The third-order valence-corrected chi connectivity index (χ3v) is 4.44. The number of nitrogens with zero attached hydrogens (tertiary/aromatic N) is 3. The second-order valence-corrected chi connectivity index (χ2v) is 6.30. The Balaban J connectivity index is 2.15. The number of hydrazone groups is 1. The van der Waals surface area contributed by atoms with Gasteiger partial charge in [-0.15, -0.1) is 0 Å². The molecule has 27 heavy (non-hydrogen) atoms. The van der Waals surface area contributed by atoms with Gasteiger partial charge in [0.1, 0.15) is 12.0 Å². The van der Waals surface area contributed by atoms with Gasteiger partial charge in [0.05, 0.1) is 16.9 Å². The van der Waals surface area contributed by atoms with Gasteiger partial charge in [-0.2, -0.15) is 5.10 Å². The van der Waals surface area contributed by atoms with E-state index in [1.807, 2.05) is 32.2 Å². The van der Waals surface area contributed by atoms with E-state index in [2.05, 4.69) is 59.0 Å². The summed E-state index contributed by atoms with van der Waals surface area (Å²) in [4.78, 5) is 8.93. The molecule has 4 N–H and O–H groups in total. The van der Waals surface area contributed by atoms with E-state index in [9.17, 15) is 0 Å². The van der Waals surface area contributed by atoms with Crippen LogP contribution >= 0.6 is 0 Å². The second-order valence-electron chi connectivity index (χ2n) is 6.30. The average molecular weight is 360 g/mol. The molecule has 2 heterocycles. The Morgan fingerprint density at radius 1 is 1.26 bits per heavy atom. The van der Waals surface area contributed by atoms with Crippen LogP contribution < -0.4 is 16.5 Å². The number of aromatic nitrogens is 1. The standard InChI is InChI=1S/C21H24N6/c1-5-6-7-13(2)17-10-14(3)16-9-8-15(11-18(16)26-17)19(23-4)20-21(22)24-12-25-27-20/h5-12,23,27H,1-4H3,(H2,22,24,25)/b6-5-,13-7+,20-19-. The third kappa shape index (κ3) is 3.74. The predicted molar refractivity (Wildman–Crippen MR) is 114 cm³/mol. The van der Waals surface area contributed by atoms with Crippen molar-refractivity contribution < 1.29 is 0 Å². The van der Waals surface area contributed by atoms with Gasteiger partial charge in [-0.1, -0.05) is 30.4 Å². The lowest BCUT2D eigenvalue weighted by atomic mass is 10.0. The Morgan fingerprint density at radius 3 is 2.78 bits per heavy atom. The maximum atomic E-state index is 6.01. The molecule has 0 spiro atoms. The van der Waals surface area contributed by atoms with Crippen LogP contribution in [0.4, 0.5) is 0 Å². The number of fused-ring (bicyclic) bond motifs is 1. The summed E-state index contributed by atoms with van der Waals surface area (Å²) in [6.07, 6.45) is 7.49. The minimum atomic E-state index is 0.387. The van der Waals surface area contributed by atoms with Crippen LogP contribution in [0.1, 0.15) is 30.7 Å². The van der Waals surface area contributed by atoms with Gasteiger partial charge in [-0.25, -0.2) is 9.98 Å². The van der Waals surface area contributed by atoms with E-state index in [-0.39, 0.29) is 0 Å². The van der Waals surface area contributed by atoms with Gasteiger partial charge in [-0.05, 0) is 44.0 Å². The highest BCUT2D eigenvalue weighted by Gasteiger charge is 2.15. The molecule has 0 amide bonds. The van der Waals surface area contributed by atoms with Crippen LogP contribution in [0.3, 0.4) is 0 Å². The molecule has 0 atom stereocenters. The van der Waals surface area contributed by atoms with Crippen molar-refractivity contribution >= 4 is 34.3 Å². The first-order valence-corrected chi connectivity index (χ1v) is 8.80. The summed E-state index contributed by atoms with van der Waals surface area (Å²) < 4.78 is 0. The van der Waals surface area contributed by atoms with Crippen LogP contribution in [-0.2, 0) is 0 Å². The molecule has 1 aromatic heterocycles. The van der Waals surface area contributed by atoms with Crippen molar-refractivity contribution in [2.75, 3.05) is 7.05 Å². The summed E-state index contributed by atoms with van der Waals surface area (Å²) in [5.74, 6) is 0.387. The Labute approximate surface area is 159 Å². The monoisotopic (exact) mass is 360 g/mol. The number of benzene rings is 1. The van der Waals surface area contributed by atoms with Crippen molar-refractivity contribution in [2.24, 2.45) is 15.8 Å². The van der Waals surface area contributed by atoms with Gasteiger partial charge in [0.15, 0.2) is 5.84 Å². The molecule has 6 heteroatoms. The van der Waals surface area contributed by atoms with Crippen LogP contribution in [0.5, 0.6) is 0 Å². The zero-order valence-corrected chi connectivity index (χ0v) is 16.0. The number of nitrogens with two attached hydrogens (primary N) is 1. The third-order valence-electron chi connectivity index (χ3n) is 4.44. The summed E-state index contributed by atoms with van der Waals surface area (Å²) in [5, 5.41) is 8.30. The van der Waals surface area contributed by atoms with E-state index < -0.39 is 0 Å². The first-order valence-electron chi connectivity index (χ1n) is 8.80. The van der Waals surface area contributed by atoms with Crippen LogP contribution in [0, 0.1) is 6.92 Å². The summed E-state index contributed by atoms with van der Waals surface area (Å²) in [6, 6.07) is 8.31. The van der Waals surface area contributed by atoms with Gasteiger partial charge in [0.25, 0.3) is 0 Å². The van der Waals surface area contributed by atoms with E-state index in [4.69, 9.17) is 10.7 Å². The van der Waals surface area contributed by atoms with Crippen molar-refractivity contribution in [1.82, 2.24) is 15.7 Å². The molecule has 0 bridgehead atoms. The summed E-state index contributed by atoms with van der Waals surface area (Å²) >= 11 is 0. The van der Waals surface area contributed by atoms with E-state index in [0.717, 1.165) is 33.4 Å². The van der Waals surface area contributed by atoms with Gasteiger partial charge in [0, 0.05) is 18.0 Å². The Hall–Kier alpha value is -3.41. The number of allylic oxidation sites excluding steroid dienone is 4. The summed E-state index contributed by atoms with van der Waals surface area (Å²) in [7, 11) is 1.85. The number of amidine groups is 1. The number of aliphatic imine (C=N–C) groups is 1. The molecular weight excluding hydrogens is 336 g/mol. The van der Waals surface area contributed by atoms with Crippen LogP contribution in [0.25, 0.3) is 22.2 Å². The number of hydrogen-bond donors (Lipinski definition) is 3. The van der Waals surface area contributed by atoms with Gasteiger partial charge < -0.3 is 11.1 Å². The van der Waals surface area contributed by atoms with Crippen molar-refractivity contribution in [1.29, 1.82) is 0 Å². The Bertz CT molecular complexity index is 1020. The average Bonchev–Trinajstić information content (AvgIpc) is 2.67. The largest absolute Gasteiger partial charge is 0.386 e. The van der Waals surface area contributed by atoms with Crippen LogP contribution in [0.2, 0.25) is 0 Å². The second kappa shape index (κ2) is 7.86. The highest BCUT2D eigenvalue weighted by Crippen LogP contribution is 2.25. The molecule has 0 radical (unpaired) electrons. The fraction of sp³-hybridized carbons (Fsp3) is 0.190. The van der Waals surface area contributed by atoms with E-state index in [0.29, 0.717) is 11.5 Å². The number of nitrogens with one attached hydrogen (secondary N) is 2. The molecule has 1 aliphatic rings. The van der Waals surface area contributed by atoms with E-state index >= 15 is 0 Å². The smallest absolute Gasteiger partial charge is 0.152 e. The van der Waals surface area contributed by atoms with E-state index in [1.54, 1.807) is 0 Å². The minimum absolute atomic E-state index is 0.387. The molecule has 2 aromatic rings. The van der Waals surface area contributed by atoms with E-state index in [1.165, 1.54) is 11.9 Å². The number of aryl methyl sites for hydroxylation is 1. The molecule has 138 valence electrons. The summed E-state index contributed by atoms with van der Waals surface area (Å²) in [5.41, 5.74) is 15.6. The highest BCUT2D eigenvalue weighted by molar-refractivity contribution is 6.07. The Morgan fingerprint density at radius 2 is 2.07 bits per heavy atom. The lowest BCUT2D eigenvalue weighted by Crippen LogP contribution is -2.30. The van der Waals surface area contributed by atoms with Crippen LogP contribution in [-0.4, -0.2) is 24.2 Å². The van der Waals surface area contributed by atoms with Gasteiger partial charge in [0.2, 0.25) is 0 Å². The molecular formula is C21H24N6. The normalized spacial score (nSPS) is 16.4. The van der Waals surface area contributed by atoms with Crippen molar-refractivity contribution in [3.05, 3.63) is 65.0 Å². The zero-order chi connectivity index (χ0) is 19.4. The lowest BCUT2D eigenvalue weighted by molar-refractivity contribution is 0.906. The SMILES string of the molecule is C/C=C\C=C(/C)c1cc(C)c2ccc(/C(NC)=C3/NN=CN=C3N)cc2n1. The van der Waals surface area contributed by atoms with Crippen molar-refractivity contribution in [3.63, 3.8) is 0 Å². The summed E-state index contributed by atoms with van der Waals surface area (Å²) in [6.45, 7) is 6.18. The topological polar surface area (TPSA) is 87.7 Å². The van der Waals surface area contributed by atoms with Crippen molar-refractivity contribution in [2.45, 2.75) is 20.8 Å². The fourth-order valence-electron chi connectivity index (χ4n) is 2.99. The number of rotatable bonds is 4. The maximum absolute atomic E-state index is 6.01. The number of pyridine rings is 1. The Kier molecular flexibility index (Phi) is 5.35. The molecule has 0 unspecified atom stereocenters.